The summed E-state index contributed by atoms with van der Waals surface area (Å²) in [7, 11) is 0. The molecule has 0 unspecified atom stereocenters. The number of carbonyl (C=O) groups is 1. The maximum Gasteiger partial charge on any atom is 0.333 e. The first-order valence-electron chi connectivity index (χ1n) is 6.34. The summed E-state index contributed by atoms with van der Waals surface area (Å²) in [6.45, 7) is 5.54. The second-order valence-corrected chi connectivity index (χ2v) is 4.30. The molecule has 0 saturated carbocycles. The molecule has 0 radical (unpaired) electrons. The lowest BCUT2D eigenvalue weighted by molar-refractivity contribution is 0.0506. The van der Waals surface area contributed by atoms with Gasteiger partial charge < -0.3 is 10.2 Å². The molecule has 0 aliphatic carbocycles. The first-order chi connectivity index (χ1) is 8.99. The van der Waals surface area contributed by atoms with Gasteiger partial charge >= 0.3 is 6.55 Å². The molecule has 1 rings (SSSR count). The van der Waals surface area contributed by atoms with E-state index in [1.165, 1.54) is 12.3 Å². The highest BCUT2D eigenvalue weighted by Gasteiger charge is 2.19. The topological polar surface area (TPSA) is 50.2 Å². The molecule has 1 aromatic heterocycles. The smallest absolute Gasteiger partial charge is 0.333 e. The second kappa shape index (κ2) is 7.18. The first-order valence-corrected chi connectivity index (χ1v) is 6.34. The molecule has 0 bridgehead atoms. The Kier molecular flexibility index (Phi) is 5.88. The number of nitrogens with zero attached hydrogens (tertiary/aromatic N) is 3. The van der Waals surface area contributed by atoms with Gasteiger partial charge in [0.25, 0.3) is 5.91 Å². The fraction of sp³-hybridized carbons (Fsp3) is 0.667. The minimum atomic E-state index is -2.81. The van der Waals surface area contributed by atoms with Gasteiger partial charge in [0.05, 0.1) is 0 Å². The normalized spacial score (nSPS) is 13.0. The van der Waals surface area contributed by atoms with E-state index < -0.39 is 12.5 Å². The van der Waals surface area contributed by atoms with Crippen molar-refractivity contribution in [2.24, 2.45) is 0 Å². The SMILES string of the molecule is CCN(CC)C[C@H](C)NC(=O)c1ccnn1C(F)F. The van der Waals surface area contributed by atoms with Crippen molar-refractivity contribution >= 4 is 5.91 Å². The summed E-state index contributed by atoms with van der Waals surface area (Å²) in [5.41, 5.74) is -0.124. The van der Waals surface area contributed by atoms with Gasteiger partial charge in [-0.3, -0.25) is 4.79 Å². The van der Waals surface area contributed by atoms with E-state index in [-0.39, 0.29) is 11.7 Å². The number of carbonyl (C=O) groups excluding carboxylic acids is 1. The molecule has 1 N–H and O–H groups in total. The number of aromatic nitrogens is 2. The van der Waals surface area contributed by atoms with Gasteiger partial charge in [-0.15, -0.1) is 0 Å². The highest BCUT2D eigenvalue weighted by Crippen LogP contribution is 2.11. The Labute approximate surface area is 111 Å². The van der Waals surface area contributed by atoms with Gasteiger partial charge in [-0.05, 0) is 26.1 Å². The molecule has 0 saturated heterocycles. The molecule has 0 aromatic carbocycles. The second-order valence-electron chi connectivity index (χ2n) is 4.30. The molecule has 1 amide bonds. The third-order valence-corrected chi connectivity index (χ3v) is 2.89. The van der Waals surface area contributed by atoms with Crippen LogP contribution >= 0.6 is 0 Å². The van der Waals surface area contributed by atoms with Crippen molar-refractivity contribution in [1.29, 1.82) is 0 Å². The number of hydrogen-bond acceptors (Lipinski definition) is 3. The fourth-order valence-electron chi connectivity index (χ4n) is 1.86. The van der Waals surface area contributed by atoms with E-state index in [4.69, 9.17) is 0 Å². The minimum absolute atomic E-state index is 0.117. The van der Waals surface area contributed by atoms with Crippen LogP contribution in [0.3, 0.4) is 0 Å². The van der Waals surface area contributed by atoms with Crippen molar-refractivity contribution < 1.29 is 13.6 Å². The Balaban J connectivity index is 2.61. The van der Waals surface area contributed by atoms with Crippen LogP contribution in [0, 0.1) is 0 Å². The van der Waals surface area contributed by atoms with Crippen LogP contribution < -0.4 is 5.32 Å². The van der Waals surface area contributed by atoms with E-state index in [0.717, 1.165) is 13.1 Å². The number of alkyl halides is 2. The molecule has 0 aliphatic rings. The molecule has 108 valence electrons. The first kappa shape index (κ1) is 15.6. The Bertz CT molecular complexity index is 404. The monoisotopic (exact) mass is 274 g/mol. The van der Waals surface area contributed by atoms with Crippen LogP contribution in [0.2, 0.25) is 0 Å². The Morgan fingerprint density at radius 1 is 1.47 bits per heavy atom. The molecule has 1 aromatic rings. The average Bonchev–Trinajstić information content (AvgIpc) is 2.85. The highest BCUT2D eigenvalue weighted by atomic mass is 19.3. The van der Waals surface area contributed by atoms with E-state index in [2.05, 4.69) is 15.3 Å². The highest BCUT2D eigenvalue weighted by molar-refractivity contribution is 5.92. The van der Waals surface area contributed by atoms with Gasteiger partial charge in [-0.25, -0.2) is 0 Å². The average molecular weight is 274 g/mol. The van der Waals surface area contributed by atoms with Gasteiger partial charge in [0.1, 0.15) is 5.69 Å². The third-order valence-electron chi connectivity index (χ3n) is 2.89. The van der Waals surface area contributed by atoms with Crippen molar-refractivity contribution in [3.63, 3.8) is 0 Å². The zero-order valence-electron chi connectivity index (χ0n) is 11.4. The summed E-state index contributed by atoms with van der Waals surface area (Å²) in [5, 5.41) is 6.13. The number of likely N-dealkylation sites (N-methyl/N-ethyl adjacent to an activating group) is 1. The molecule has 1 heterocycles. The summed E-state index contributed by atoms with van der Waals surface area (Å²) in [6, 6.07) is 1.17. The molecular weight excluding hydrogens is 254 g/mol. The summed E-state index contributed by atoms with van der Waals surface area (Å²) in [4.78, 5) is 14.0. The van der Waals surface area contributed by atoms with Crippen molar-refractivity contribution in [2.75, 3.05) is 19.6 Å². The largest absolute Gasteiger partial charge is 0.347 e. The molecule has 7 heteroatoms. The summed E-state index contributed by atoms with van der Waals surface area (Å²) >= 11 is 0. The Hall–Kier alpha value is -1.50. The molecule has 0 aliphatic heterocycles. The van der Waals surface area contributed by atoms with E-state index in [1.807, 2.05) is 20.8 Å². The van der Waals surface area contributed by atoms with Crippen molar-refractivity contribution in [3.05, 3.63) is 18.0 Å². The maximum absolute atomic E-state index is 12.6. The zero-order chi connectivity index (χ0) is 14.4. The van der Waals surface area contributed by atoms with E-state index in [9.17, 15) is 13.6 Å². The van der Waals surface area contributed by atoms with Gasteiger partial charge in [0.15, 0.2) is 0 Å². The molecule has 0 fully saturated rings. The number of nitrogens with one attached hydrogen (secondary N) is 1. The summed E-state index contributed by atoms with van der Waals surface area (Å²) in [5.74, 6) is -0.530. The molecule has 19 heavy (non-hydrogen) atoms. The Morgan fingerprint density at radius 3 is 2.63 bits per heavy atom. The van der Waals surface area contributed by atoms with Crippen LogP contribution in [0.5, 0.6) is 0 Å². The van der Waals surface area contributed by atoms with Gasteiger partial charge in [-0.2, -0.15) is 18.6 Å². The van der Waals surface area contributed by atoms with Gasteiger partial charge in [0.2, 0.25) is 0 Å². The third kappa shape index (κ3) is 4.27. The van der Waals surface area contributed by atoms with Gasteiger partial charge in [-0.1, -0.05) is 13.8 Å². The predicted octanol–water partition coefficient (Wildman–Crippen LogP) is 1.74. The molecular formula is C12H20F2N4O. The summed E-state index contributed by atoms with van der Waals surface area (Å²) in [6.07, 6.45) is 1.19. The number of hydrogen-bond donors (Lipinski definition) is 1. The lowest BCUT2D eigenvalue weighted by atomic mass is 10.2. The number of rotatable bonds is 7. The predicted molar refractivity (Wildman–Crippen MR) is 68.2 cm³/mol. The van der Waals surface area contributed by atoms with Crippen LogP contribution in [-0.2, 0) is 0 Å². The standard InChI is InChI=1S/C12H20F2N4O/c1-4-17(5-2)8-9(3)16-11(19)10-6-7-15-18(10)12(13)14/h6-7,9,12H,4-5,8H2,1-3H3,(H,16,19)/t9-/m0/s1. The van der Waals surface area contributed by atoms with Crippen LogP contribution in [0.4, 0.5) is 8.78 Å². The zero-order valence-corrected chi connectivity index (χ0v) is 11.4. The van der Waals surface area contributed by atoms with Gasteiger partial charge in [0, 0.05) is 18.8 Å². The van der Waals surface area contributed by atoms with Crippen molar-refractivity contribution in [2.45, 2.75) is 33.4 Å². The fourth-order valence-corrected chi connectivity index (χ4v) is 1.86. The van der Waals surface area contributed by atoms with Crippen LogP contribution in [0.1, 0.15) is 37.8 Å². The van der Waals surface area contributed by atoms with Crippen LogP contribution in [-0.4, -0.2) is 46.3 Å². The van der Waals surface area contributed by atoms with Crippen LogP contribution in [0.25, 0.3) is 0 Å². The minimum Gasteiger partial charge on any atom is -0.347 e. The summed E-state index contributed by atoms with van der Waals surface area (Å²) < 4.78 is 25.6. The lowest BCUT2D eigenvalue weighted by Gasteiger charge is -2.23. The van der Waals surface area contributed by atoms with E-state index in [0.29, 0.717) is 11.2 Å². The maximum atomic E-state index is 12.6. The van der Waals surface area contributed by atoms with E-state index in [1.54, 1.807) is 0 Å². The quantitative estimate of drug-likeness (QED) is 0.824. The molecule has 1 atom stereocenters. The van der Waals surface area contributed by atoms with E-state index >= 15 is 0 Å². The van der Waals surface area contributed by atoms with Crippen LogP contribution in [0.15, 0.2) is 12.3 Å². The molecule has 0 spiro atoms. The lowest BCUT2D eigenvalue weighted by Crippen LogP contribution is -2.42. The molecule has 5 nitrogen and oxygen atoms in total. The number of amides is 1. The Morgan fingerprint density at radius 2 is 2.11 bits per heavy atom. The van der Waals surface area contributed by atoms with Crippen molar-refractivity contribution in [3.8, 4) is 0 Å². The number of halogens is 2. The van der Waals surface area contributed by atoms with Crippen molar-refractivity contribution in [1.82, 2.24) is 20.0 Å².